The van der Waals surface area contributed by atoms with Gasteiger partial charge in [-0.25, -0.2) is 4.39 Å². The number of hydrogen-bond acceptors (Lipinski definition) is 2. The number of nitrogens with zero attached hydrogens (tertiary/aromatic N) is 1. The van der Waals surface area contributed by atoms with Crippen LogP contribution >= 0.6 is 0 Å². The zero-order chi connectivity index (χ0) is 12.5. The molecule has 98 valence electrons. The van der Waals surface area contributed by atoms with Gasteiger partial charge in [0.15, 0.2) is 0 Å². The second kappa shape index (κ2) is 4.98. The zero-order valence-electron chi connectivity index (χ0n) is 10.8. The van der Waals surface area contributed by atoms with Crippen molar-refractivity contribution in [3.05, 3.63) is 35.9 Å². The highest BCUT2D eigenvalue weighted by Gasteiger charge is 2.39. The lowest BCUT2D eigenvalue weighted by molar-refractivity contribution is -0.115. The number of ether oxygens (including phenoxy) is 1. The molecule has 3 rings (SSSR count). The highest BCUT2D eigenvalue weighted by molar-refractivity contribution is 5.15. The van der Waals surface area contributed by atoms with Crippen molar-refractivity contribution in [1.29, 1.82) is 0 Å². The molecule has 0 N–H and O–H groups in total. The average Bonchev–Trinajstić information content (AvgIpc) is 2.63. The van der Waals surface area contributed by atoms with E-state index in [4.69, 9.17) is 4.74 Å². The fourth-order valence-electron chi connectivity index (χ4n) is 3.32. The van der Waals surface area contributed by atoms with Gasteiger partial charge in [-0.15, -0.1) is 0 Å². The number of rotatable bonds is 3. The van der Waals surface area contributed by atoms with Crippen LogP contribution in [0.2, 0.25) is 0 Å². The SMILES string of the molecule is CN1C2CCC1CC(OC(F)c1ccccc1)C2. The molecule has 1 aromatic rings. The third kappa shape index (κ3) is 2.29. The third-order valence-electron chi connectivity index (χ3n) is 4.43. The Labute approximate surface area is 108 Å². The van der Waals surface area contributed by atoms with Crippen molar-refractivity contribution < 1.29 is 9.13 Å². The van der Waals surface area contributed by atoms with E-state index in [1.165, 1.54) is 12.8 Å². The van der Waals surface area contributed by atoms with Gasteiger partial charge in [0.2, 0.25) is 6.36 Å². The van der Waals surface area contributed by atoms with Gasteiger partial charge in [-0.3, -0.25) is 0 Å². The Kier molecular flexibility index (Phi) is 3.35. The van der Waals surface area contributed by atoms with Crippen LogP contribution in [0.25, 0.3) is 0 Å². The van der Waals surface area contributed by atoms with E-state index >= 15 is 0 Å². The molecule has 0 radical (unpaired) electrons. The lowest BCUT2D eigenvalue weighted by Crippen LogP contribution is -2.42. The first-order valence-electron chi connectivity index (χ1n) is 6.80. The molecule has 0 aromatic heterocycles. The zero-order valence-corrected chi connectivity index (χ0v) is 10.8. The van der Waals surface area contributed by atoms with Crippen LogP contribution in [0.15, 0.2) is 30.3 Å². The van der Waals surface area contributed by atoms with E-state index < -0.39 is 6.36 Å². The van der Waals surface area contributed by atoms with E-state index in [0.29, 0.717) is 17.6 Å². The predicted molar refractivity (Wildman–Crippen MR) is 69.0 cm³/mol. The van der Waals surface area contributed by atoms with Crippen LogP contribution in [0.5, 0.6) is 0 Å². The molecule has 2 fully saturated rings. The van der Waals surface area contributed by atoms with Gasteiger partial charge >= 0.3 is 0 Å². The van der Waals surface area contributed by atoms with Gasteiger partial charge in [0.1, 0.15) is 0 Å². The Morgan fingerprint density at radius 2 is 1.78 bits per heavy atom. The van der Waals surface area contributed by atoms with E-state index in [2.05, 4.69) is 11.9 Å². The van der Waals surface area contributed by atoms with Crippen molar-refractivity contribution in [3.63, 3.8) is 0 Å². The van der Waals surface area contributed by atoms with Crippen molar-refractivity contribution >= 4 is 0 Å². The van der Waals surface area contributed by atoms with E-state index in [1.54, 1.807) is 12.1 Å². The molecule has 3 unspecified atom stereocenters. The Morgan fingerprint density at radius 1 is 1.17 bits per heavy atom. The predicted octanol–water partition coefficient (Wildman–Crippen LogP) is 3.30. The largest absolute Gasteiger partial charge is 0.341 e. The standard InChI is InChI=1S/C15H20FNO/c1-17-12-7-8-13(17)10-14(9-12)18-15(16)11-5-3-2-4-6-11/h2-6,12-15H,7-10H2,1H3. The normalized spacial score (nSPS) is 33.6. The topological polar surface area (TPSA) is 12.5 Å². The number of fused-ring (bicyclic) bond motifs is 2. The minimum atomic E-state index is -1.28. The summed E-state index contributed by atoms with van der Waals surface area (Å²) in [6, 6.07) is 10.4. The smallest absolute Gasteiger partial charge is 0.225 e. The van der Waals surface area contributed by atoms with Gasteiger partial charge in [-0.05, 0) is 32.7 Å². The van der Waals surface area contributed by atoms with Gasteiger partial charge in [-0.1, -0.05) is 30.3 Å². The molecule has 3 heteroatoms. The van der Waals surface area contributed by atoms with Crippen LogP contribution in [0.3, 0.4) is 0 Å². The maximum Gasteiger partial charge on any atom is 0.225 e. The third-order valence-corrected chi connectivity index (χ3v) is 4.43. The minimum Gasteiger partial charge on any atom is -0.341 e. The monoisotopic (exact) mass is 249 g/mol. The second-order valence-corrected chi connectivity index (χ2v) is 5.51. The molecule has 0 aliphatic carbocycles. The van der Waals surface area contributed by atoms with Gasteiger partial charge in [-0.2, -0.15) is 0 Å². The first kappa shape index (κ1) is 12.1. The van der Waals surface area contributed by atoms with E-state index in [-0.39, 0.29) is 6.10 Å². The van der Waals surface area contributed by atoms with Gasteiger partial charge in [0.25, 0.3) is 0 Å². The summed E-state index contributed by atoms with van der Waals surface area (Å²) in [6.45, 7) is 0. The second-order valence-electron chi connectivity index (χ2n) is 5.51. The average molecular weight is 249 g/mol. The van der Waals surface area contributed by atoms with E-state index in [1.807, 2.05) is 18.2 Å². The quantitative estimate of drug-likeness (QED) is 0.815. The summed E-state index contributed by atoms with van der Waals surface area (Å²) < 4.78 is 19.7. The first-order chi connectivity index (χ1) is 8.74. The highest BCUT2D eigenvalue weighted by atomic mass is 19.1. The fraction of sp³-hybridized carbons (Fsp3) is 0.600. The van der Waals surface area contributed by atoms with Crippen molar-refractivity contribution in [2.24, 2.45) is 0 Å². The van der Waals surface area contributed by atoms with Crippen LogP contribution in [-0.2, 0) is 4.74 Å². The van der Waals surface area contributed by atoms with Crippen molar-refractivity contribution in [2.75, 3.05) is 7.05 Å². The molecule has 18 heavy (non-hydrogen) atoms. The Morgan fingerprint density at radius 3 is 2.39 bits per heavy atom. The van der Waals surface area contributed by atoms with Crippen LogP contribution in [0.1, 0.15) is 37.6 Å². The van der Waals surface area contributed by atoms with Crippen LogP contribution < -0.4 is 0 Å². The first-order valence-corrected chi connectivity index (χ1v) is 6.80. The number of piperidine rings is 1. The summed E-state index contributed by atoms with van der Waals surface area (Å²) in [5.74, 6) is 0. The summed E-state index contributed by atoms with van der Waals surface area (Å²) in [5.41, 5.74) is 0.628. The summed E-state index contributed by atoms with van der Waals surface area (Å²) in [6.07, 6.45) is 3.22. The minimum absolute atomic E-state index is 0.0777. The molecule has 0 spiro atoms. The highest BCUT2D eigenvalue weighted by Crippen LogP contribution is 2.37. The van der Waals surface area contributed by atoms with E-state index in [9.17, 15) is 4.39 Å². The molecule has 0 amide bonds. The molecule has 2 bridgehead atoms. The van der Waals surface area contributed by atoms with Gasteiger partial charge in [0, 0.05) is 17.6 Å². The summed E-state index contributed by atoms with van der Waals surface area (Å²) in [4.78, 5) is 2.44. The lowest BCUT2D eigenvalue weighted by Gasteiger charge is -2.36. The Balaban J connectivity index is 1.61. The molecule has 1 aromatic carbocycles. The van der Waals surface area contributed by atoms with Crippen LogP contribution in [-0.4, -0.2) is 30.1 Å². The van der Waals surface area contributed by atoms with E-state index in [0.717, 1.165) is 12.8 Å². The summed E-state index contributed by atoms with van der Waals surface area (Å²) in [7, 11) is 2.18. The summed E-state index contributed by atoms with van der Waals surface area (Å²) in [5, 5.41) is 0. The summed E-state index contributed by atoms with van der Waals surface area (Å²) >= 11 is 0. The molecule has 2 heterocycles. The molecular formula is C15H20FNO. The molecule has 2 aliphatic heterocycles. The number of halogens is 1. The molecule has 3 atom stereocenters. The van der Waals surface area contributed by atoms with Crippen molar-refractivity contribution in [1.82, 2.24) is 4.90 Å². The molecule has 0 saturated carbocycles. The van der Waals surface area contributed by atoms with Gasteiger partial charge < -0.3 is 9.64 Å². The van der Waals surface area contributed by atoms with Crippen LogP contribution in [0, 0.1) is 0 Å². The molecule has 2 saturated heterocycles. The van der Waals surface area contributed by atoms with Crippen molar-refractivity contribution in [3.8, 4) is 0 Å². The number of hydrogen-bond donors (Lipinski definition) is 0. The maximum atomic E-state index is 14.1. The Bertz CT molecular complexity index is 383. The maximum absolute atomic E-state index is 14.1. The number of alkyl halides is 1. The number of benzene rings is 1. The van der Waals surface area contributed by atoms with Crippen molar-refractivity contribution in [2.45, 2.75) is 50.2 Å². The lowest BCUT2D eigenvalue weighted by atomic mass is 10.0. The van der Waals surface area contributed by atoms with Crippen LogP contribution in [0.4, 0.5) is 4.39 Å². The fourth-order valence-corrected chi connectivity index (χ4v) is 3.32. The molecule has 2 aliphatic rings. The molecule has 2 nitrogen and oxygen atoms in total. The molecular weight excluding hydrogens is 229 g/mol. The van der Waals surface area contributed by atoms with Gasteiger partial charge in [0.05, 0.1) is 6.10 Å². The Hall–Kier alpha value is -0.930.